The second-order valence-electron chi connectivity index (χ2n) is 7.21. The van der Waals surface area contributed by atoms with E-state index in [9.17, 15) is 13.2 Å². The van der Waals surface area contributed by atoms with Gasteiger partial charge in [0.1, 0.15) is 5.60 Å². The number of halogens is 1. The van der Waals surface area contributed by atoms with Gasteiger partial charge in [-0.3, -0.25) is 0 Å². The Bertz CT molecular complexity index is 708. The Morgan fingerprint density at radius 2 is 1.88 bits per heavy atom. The van der Waals surface area contributed by atoms with E-state index in [-0.39, 0.29) is 17.9 Å². The van der Waals surface area contributed by atoms with Crippen molar-refractivity contribution >= 4 is 27.7 Å². The summed E-state index contributed by atoms with van der Waals surface area (Å²) in [6.07, 6.45) is 0.756. The quantitative estimate of drug-likeness (QED) is 0.859. The van der Waals surface area contributed by atoms with Gasteiger partial charge in [0.2, 0.25) is 10.0 Å². The highest BCUT2D eigenvalue weighted by Gasteiger charge is 2.28. The molecular formula is C17H25ClN2O4S. The van der Waals surface area contributed by atoms with E-state index < -0.39 is 15.6 Å². The van der Waals surface area contributed by atoms with Gasteiger partial charge in [0.15, 0.2) is 0 Å². The number of sulfonamides is 1. The standard InChI is InChI=1S/C17H25ClN2O4S/c1-17(2,3)24-16(21)20-10-8-14(9-11-20)19-25(22,23)12-13-6-4-5-7-15(13)18/h4-7,14,19H,8-12H2,1-3H3. The molecule has 1 aliphatic heterocycles. The highest BCUT2D eigenvalue weighted by atomic mass is 35.5. The van der Waals surface area contributed by atoms with Crippen LogP contribution < -0.4 is 4.72 Å². The van der Waals surface area contributed by atoms with Crippen molar-refractivity contribution in [3.63, 3.8) is 0 Å². The topological polar surface area (TPSA) is 75.7 Å². The second-order valence-corrected chi connectivity index (χ2v) is 9.37. The van der Waals surface area contributed by atoms with E-state index in [0.29, 0.717) is 36.5 Å². The molecule has 6 nitrogen and oxygen atoms in total. The van der Waals surface area contributed by atoms with E-state index in [1.165, 1.54) is 0 Å². The highest BCUT2D eigenvalue weighted by molar-refractivity contribution is 7.88. The van der Waals surface area contributed by atoms with Crippen LogP contribution in [0.15, 0.2) is 24.3 Å². The smallest absolute Gasteiger partial charge is 0.410 e. The molecule has 140 valence electrons. The zero-order valence-corrected chi connectivity index (χ0v) is 16.4. The van der Waals surface area contributed by atoms with Gasteiger partial charge in [-0.2, -0.15) is 0 Å². The van der Waals surface area contributed by atoms with E-state index in [1.54, 1.807) is 29.2 Å². The minimum absolute atomic E-state index is 0.154. The predicted molar refractivity (Wildman–Crippen MR) is 98.0 cm³/mol. The van der Waals surface area contributed by atoms with Gasteiger partial charge in [-0.15, -0.1) is 0 Å². The molecule has 2 rings (SSSR count). The van der Waals surface area contributed by atoms with Crippen molar-refractivity contribution in [2.45, 2.75) is 51.0 Å². The van der Waals surface area contributed by atoms with Crippen molar-refractivity contribution in [1.82, 2.24) is 9.62 Å². The summed E-state index contributed by atoms with van der Waals surface area (Å²) < 4.78 is 32.7. The third-order valence-electron chi connectivity index (χ3n) is 3.80. The van der Waals surface area contributed by atoms with Crippen LogP contribution in [0.4, 0.5) is 4.79 Å². The van der Waals surface area contributed by atoms with E-state index in [4.69, 9.17) is 16.3 Å². The average molecular weight is 389 g/mol. The van der Waals surface area contributed by atoms with E-state index in [0.717, 1.165) is 0 Å². The minimum atomic E-state index is -3.49. The van der Waals surface area contributed by atoms with Crippen LogP contribution in [-0.2, 0) is 20.5 Å². The zero-order chi connectivity index (χ0) is 18.7. The predicted octanol–water partition coefficient (Wildman–Crippen LogP) is 3.16. The van der Waals surface area contributed by atoms with Crippen LogP contribution in [0.1, 0.15) is 39.2 Å². The summed E-state index contributed by atoms with van der Waals surface area (Å²) in [7, 11) is -3.49. The number of carbonyl (C=O) groups is 1. The minimum Gasteiger partial charge on any atom is -0.444 e. The highest BCUT2D eigenvalue weighted by Crippen LogP contribution is 2.19. The normalized spacial score (nSPS) is 16.7. The molecule has 0 spiro atoms. The number of likely N-dealkylation sites (tertiary alicyclic amines) is 1. The number of benzene rings is 1. The lowest BCUT2D eigenvalue weighted by molar-refractivity contribution is 0.0204. The number of piperidine rings is 1. The number of amides is 1. The molecule has 0 aliphatic carbocycles. The van der Waals surface area contributed by atoms with Gasteiger partial charge in [0.25, 0.3) is 0 Å². The summed E-state index contributed by atoms with van der Waals surface area (Å²) in [5.74, 6) is -0.154. The molecule has 1 heterocycles. The van der Waals surface area contributed by atoms with Crippen LogP contribution in [-0.4, -0.2) is 44.1 Å². The summed E-state index contributed by atoms with van der Waals surface area (Å²) in [6.45, 7) is 6.39. The van der Waals surface area contributed by atoms with Crippen LogP contribution in [0.2, 0.25) is 5.02 Å². The largest absolute Gasteiger partial charge is 0.444 e. The molecule has 0 bridgehead atoms. The van der Waals surface area contributed by atoms with Crippen molar-refractivity contribution < 1.29 is 17.9 Å². The Labute approximate surface area is 154 Å². The van der Waals surface area contributed by atoms with Crippen LogP contribution in [0, 0.1) is 0 Å². The van der Waals surface area contributed by atoms with E-state index in [2.05, 4.69) is 4.72 Å². The average Bonchev–Trinajstić information content (AvgIpc) is 2.48. The second kappa shape index (κ2) is 7.93. The maximum Gasteiger partial charge on any atom is 0.410 e. The molecule has 1 fully saturated rings. The lowest BCUT2D eigenvalue weighted by atomic mass is 10.1. The number of carbonyl (C=O) groups excluding carboxylic acids is 1. The summed E-state index contributed by atoms with van der Waals surface area (Å²) in [5, 5.41) is 0.438. The zero-order valence-electron chi connectivity index (χ0n) is 14.8. The molecule has 1 aromatic carbocycles. The number of ether oxygens (including phenoxy) is 1. The third-order valence-corrected chi connectivity index (χ3v) is 5.55. The number of hydrogen-bond acceptors (Lipinski definition) is 4. The van der Waals surface area contributed by atoms with Gasteiger partial charge in [0, 0.05) is 24.2 Å². The molecule has 25 heavy (non-hydrogen) atoms. The van der Waals surface area contributed by atoms with Crippen LogP contribution in [0.5, 0.6) is 0 Å². The Morgan fingerprint density at radius 1 is 1.28 bits per heavy atom. The van der Waals surface area contributed by atoms with E-state index in [1.807, 2.05) is 20.8 Å². The first-order valence-corrected chi connectivity index (χ1v) is 10.3. The van der Waals surface area contributed by atoms with Crippen molar-refractivity contribution in [2.24, 2.45) is 0 Å². The molecule has 0 aromatic heterocycles. The van der Waals surface area contributed by atoms with Gasteiger partial charge in [-0.05, 0) is 45.2 Å². The Balaban J connectivity index is 1.87. The lowest BCUT2D eigenvalue weighted by Gasteiger charge is -2.33. The fourth-order valence-electron chi connectivity index (χ4n) is 2.62. The lowest BCUT2D eigenvalue weighted by Crippen LogP contribution is -2.47. The molecule has 1 amide bonds. The Kier molecular flexibility index (Phi) is 6.35. The molecule has 8 heteroatoms. The Morgan fingerprint density at radius 3 is 2.44 bits per heavy atom. The fraction of sp³-hybridized carbons (Fsp3) is 0.588. The summed E-state index contributed by atoms with van der Waals surface area (Å²) in [5.41, 5.74) is 0.0349. The fourth-order valence-corrected chi connectivity index (χ4v) is 4.39. The van der Waals surface area contributed by atoms with Crippen LogP contribution >= 0.6 is 11.6 Å². The maximum absolute atomic E-state index is 12.3. The van der Waals surface area contributed by atoms with Crippen LogP contribution in [0.25, 0.3) is 0 Å². The number of rotatable bonds is 4. The molecule has 1 N–H and O–H groups in total. The molecule has 0 saturated carbocycles. The van der Waals surface area contributed by atoms with Crippen molar-refractivity contribution in [3.8, 4) is 0 Å². The van der Waals surface area contributed by atoms with Gasteiger partial charge >= 0.3 is 6.09 Å². The first-order chi connectivity index (χ1) is 11.6. The number of nitrogens with one attached hydrogen (secondary N) is 1. The third kappa shape index (κ3) is 6.49. The summed E-state index contributed by atoms with van der Waals surface area (Å²) in [6, 6.07) is 6.71. The number of nitrogens with zero attached hydrogens (tertiary/aromatic N) is 1. The number of hydrogen-bond donors (Lipinski definition) is 1. The van der Waals surface area contributed by atoms with Crippen LogP contribution in [0.3, 0.4) is 0 Å². The monoisotopic (exact) mass is 388 g/mol. The van der Waals surface area contributed by atoms with Crippen molar-refractivity contribution in [2.75, 3.05) is 13.1 Å². The molecule has 1 saturated heterocycles. The molecular weight excluding hydrogens is 364 g/mol. The van der Waals surface area contributed by atoms with Crippen molar-refractivity contribution in [3.05, 3.63) is 34.9 Å². The van der Waals surface area contributed by atoms with E-state index >= 15 is 0 Å². The van der Waals surface area contributed by atoms with Gasteiger partial charge < -0.3 is 9.64 Å². The van der Waals surface area contributed by atoms with Gasteiger partial charge in [-0.25, -0.2) is 17.9 Å². The van der Waals surface area contributed by atoms with Gasteiger partial charge in [0.05, 0.1) is 5.75 Å². The van der Waals surface area contributed by atoms with Gasteiger partial charge in [-0.1, -0.05) is 29.8 Å². The molecule has 1 aliphatic rings. The first-order valence-electron chi connectivity index (χ1n) is 8.27. The summed E-state index contributed by atoms with van der Waals surface area (Å²) in [4.78, 5) is 13.6. The maximum atomic E-state index is 12.3. The SMILES string of the molecule is CC(C)(C)OC(=O)N1CCC(NS(=O)(=O)Cc2ccccc2Cl)CC1. The van der Waals surface area contributed by atoms with Crippen molar-refractivity contribution in [1.29, 1.82) is 0 Å². The summed E-state index contributed by atoms with van der Waals surface area (Å²) >= 11 is 6.03. The molecule has 0 atom stereocenters. The molecule has 1 aromatic rings. The Hall–Kier alpha value is -1.31. The first kappa shape index (κ1) is 20.0. The molecule has 0 unspecified atom stereocenters. The molecule has 0 radical (unpaired) electrons.